The molecule has 0 saturated heterocycles. The van der Waals surface area contributed by atoms with E-state index < -0.39 is 0 Å². The molecule has 0 unspecified atom stereocenters. The minimum atomic E-state index is -0.154. The summed E-state index contributed by atoms with van der Waals surface area (Å²) in [6, 6.07) is 7.35. The summed E-state index contributed by atoms with van der Waals surface area (Å²) < 4.78 is 0. The van der Waals surface area contributed by atoms with Gasteiger partial charge in [-0.1, -0.05) is 6.07 Å². The van der Waals surface area contributed by atoms with Crippen LogP contribution in [-0.2, 0) is 13.0 Å². The number of rotatable bonds is 3. The van der Waals surface area contributed by atoms with Crippen molar-refractivity contribution in [3.05, 3.63) is 50.7 Å². The lowest BCUT2D eigenvalue weighted by Gasteiger charge is -2.21. The molecule has 0 aliphatic carbocycles. The first-order chi connectivity index (χ1) is 11.5. The van der Waals surface area contributed by atoms with Crippen LogP contribution in [0.15, 0.2) is 24.3 Å². The number of amides is 2. The van der Waals surface area contributed by atoms with Gasteiger partial charge in [0.25, 0.3) is 11.8 Å². The normalized spacial score (nSPS) is 14.1. The SMILES string of the molecule is CNC(=O)c1cccc(NC(=O)c2cc3c(s2)CN(C)CC3)c1C. The van der Waals surface area contributed by atoms with E-state index >= 15 is 0 Å². The number of thiophene rings is 1. The van der Waals surface area contributed by atoms with Gasteiger partial charge < -0.3 is 15.5 Å². The summed E-state index contributed by atoms with van der Waals surface area (Å²) in [7, 11) is 3.69. The van der Waals surface area contributed by atoms with E-state index in [4.69, 9.17) is 0 Å². The zero-order chi connectivity index (χ0) is 17.3. The molecule has 0 fully saturated rings. The molecule has 2 heterocycles. The second-order valence-electron chi connectivity index (χ2n) is 6.06. The Bertz CT molecular complexity index is 798. The van der Waals surface area contributed by atoms with Crippen molar-refractivity contribution in [1.29, 1.82) is 0 Å². The molecule has 0 bridgehead atoms. The third-order valence-corrected chi connectivity index (χ3v) is 5.51. The van der Waals surface area contributed by atoms with Gasteiger partial charge >= 0.3 is 0 Å². The van der Waals surface area contributed by atoms with Crippen LogP contribution in [0.25, 0.3) is 0 Å². The number of likely N-dealkylation sites (N-methyl/N-ethyl adjacent to an activating group) is 1. The average molecular weight is 343 g/mol. The number of carbonyl (C=O) groups is 2. The van der Waals surface area contributed by atoms with Crippen molar-refractivity contribution in [2.75, 3.05) is 26.0 Å². The monoisotopic (exact) mass is 343 g/mol. The molecular weight excluding hydrogens is 322 g/mol. The summed E-state index contributed by atoms with van der Waals surface area (Å²) in [5, 5.41) is 5.56. The number of nitrogens with one attached hydrogen (secondary N) is 2. The largest absolute Gasteiger partial charge is 0.355 e. The second-order valence-corrected chi connectivity index (χ2v) is 7.19. The Labute approximate surface area is 145 Å². The first-order valence-electron chi connectivity index (χ1n) is 7.92. The van der Waals surface area contributed by atoms with Crippen LogP contribution in [0.5, 0.6) is 0 Å². The van der Waals surface area contributed by atoms with Crippen molar-refractivity contribution >= 4 is 28.8 Å². The van der Waals surface area contributed by atoms with Gasteiger partial charge in [-0.05, 0) is 49.7 Å². The second kappa shape index (κ2) is 6.75. The van der Waals surface area contributed by atoms with Crippen molar-refractivity contribution in [2.24, 2.45) is 0 Å². The van der Waals surface area contributed by atoms with Gasteiger partial charge in [0.15, 0.2) is 0 Å². The molecule has 6 heteroatoms. The predicted molar refractivity (Wildman–Crippen MR) is 96.9 cm³/mol. The summed E-state index contributed by atoms with van der Waals surface area (Å²) in [5.74, 6) is -0.271. The maximum absolute atomic E-state index is 12.6. The van der Waals surface area contributed by atoms with E-state index in [2.05, 4.69) is 22.6 Å². The molecule has 1 aromatic heterocycles. The minimum Gasteiger partial charge on any atom is -0.355 e. The highest BCUT2D eigenvalue weighted by Crippen LogP contribution is 2.29. The van der Waals surface area contributed by atoms with E-state index in [1.165, 1.54) is 10.4 Å². The van der Waals surface area contributed by atoms with E-state index in [1.807, 2.05) is 19.1 Å². The van der Waals surface area contributed by atoms with Crippen LogP contribution in [-0.4, -0.2) is 37.4 Å². The maximum Gasteiger partial charge on any atom is 0.265 e. The van der Waals surface area contributed by atoms with E-state index in [0.717, 1.165) is 30.0 Å². The molecule has 24 heavy (non-hydrogen) atoms. The number of benzene rings is 1. The number of carbonyl (C=O) groups excluding carboxylic acids is 2. The first kappa shape index (κ1) is 16.7. The molecule has 3 rings (SSSR count). The van der Waals surface area contributed by atoms with Crippen molar-refractivity contribution in [2.45, 2.75) is 19.9 Å². The Morgan fingerprint density at radius 2 is 2.04 bits per heavy atom. The van der Waals surface area contributed by atoms with Crippen LogP contribution in [0.2, 0.25) is 0 Å². The highest BCUT2D eigenvalue weighted by molar-refractivity contribution is 7.14. The van der Waals surface area contributed by atoms with Crippen LogP contribution < -0.4 is 10.6 Å². The topological polar surface area (TPSA) is 61.4 Å². The Hall–Kier alpha value is -2.18. The molecular formula is C18H21N3O2S. The van der Waals surface area contributed by atoms with Gasteiger partial charge in [-0.25, -0.2) is 0 Å². The lowest BCUT2D eigenvalue weighted by molar-refractivity contribution is 0.0961. The smallest absolute Gasteiger partial charge is 0.265 e. The van der Waals surface area contributed by atoms with Crippen LogP contribution in [0.1, 0.15) is 36.0 Å². The van der Waals surface area contributed by atoms with Gasteiger partial charge in [-0.3, -0.25) is 9.59 Å². The molecule has 0 spiro atoms. The van der Waals surface area contributed by atoms with Gasteiger partial charge in [-0.2, -0.15) is 0 Å². The Balaban J connectivity index is 1.82. The maximum atomic E-state index is 12.6. The third kappa shape index (κ3) is 3.20. The minimum absolute atomic E-state index is 0.116. The van der Waals surface area contributed by atoms with Crippen molar-refractivity contribution in [1.82, 2.24) is 10.2 Å². The lowest BCUT2D eigenvalue weighted by atomic mass is 10.1. The van der Waals surface area contributed by atoms with Crippen LogP contribution >= 0.6 is 11.3 Å². The van der Waals surface area contributed by atoms with Crippen LogP contribution in [0, 0.1) is 6.92 Å². The van der Waals surface area contributed by atoms with E-state index in [-0.39, 0.29) is 11.8 Å². The molecule has 2 N–H and O–H groups in total. The zero-order valence-corrected chi connectivity index (χ0v) is 14.9. The molecule has 5 nitrogen and oxygen atoms in total. The fraction of sp³-hybridized carbons (Fsp3) is 0.333. The molecule has 1 aromatic carbocycles. The molecule has 126 valence electrons. The summed E-state index contributed by atoms with van der Waals surface area (Å²) in [5.41, 5.74) is 3.29. The van der Waals surface area contributed by atoms with Crippen LogP contribution in [0.3, 0.4) is 0 Å². The molecule has 1 aliphatic rings. The van der Waals surface area contributed by atoms with Crippen molar-refractivity contribution in [3.63, 3.8) is 0 Å². The van der Waals surface area contributed by atoms with Gasteiger partial charge in [0, 0.05) is 36.3 Å². The van der Waals surface area contributed by atoms with Crippen molar-refractivity contribution < 1.29 is 9.59 Å². The number of hydrogen-bond acceptors (Lipinski definition) is 4. The van der Waals surface area contributed by atoms with Crippen LogP contribution in [0.4, 0.5) is 5.69 Å². The predicted octanol–water partition coefficient (Wildman–Crippen LogP) is 2.66. The standard InChI is InChI=1S/C18H21N3O2S/c1-11-13(17(22)19-2)5-4-6-14(11)20-18(23)15-9-12-7-8-21(3)10-16(12)24-15/h4-6,9H,7-8,10H2,1-3H3,(H,19,22)(H,20,23). The Morgan fingerprint density at radius 3 is 2.79 bits per heavy atom. The van der Waals surface area contributed by atoms with E-state index in [1.54, 1.807) is 30.5 Å². The Kier molecular flexibility index (Phi) is 4.69. The third-order valence-electron chi connectivity index (χ3n) is 4.35. The fourth-order valence-electron chi connectivity index (χ4n) is 2.89. The van der Waals surface area contributed by atoms with Gasteiger partial charge in [-0.15, -0.1) is 11.3 Å². The highest BCUT2D eigenvalue weighted by Gasteiger charge is 2.20. The summed E-state index contributed by atoms with van der Waals surface area (Å²) >= 11 is 1.55. The zero-order valence-electron chi connectivity index (χ0n) is 14.1. The molecule has 0 atom stereocenters. The summed E-state index contributed by atoms with van der Waals surface area (Å²) in [6.07, 6.45) is 0.987. The molecule has 2 aromatic rings. The molecule has 1 aliphatic heterocycles. The van der Waals surface area contributed by atoms with Gasteiger partial charge in [0.05, 0.1) is 4.88 Å². The number of hydrogen-bond donors (Lipinski definition) is 2. The Morgan fingerprint density at radius 1 is 1.25 bits per heavy atom. The molecule has 0 saturated carbocycles. The number of anilines is 1. The van der Waals surface area contributed by atoms with E-state index in [0.29, 0.717) is 11.3 Å². The quantitative estimate of drug-likeness (QED) is 0.901. The molecule has 2 amide bonds. The van der Waals surface area contributed by atoms with E-state index in [9.17, 15) is 9.59 Å². The fourth-order valence-corrected chi connectivity index (χ4v) is 4.08. The first-order valence-corrected chi connectivity index (χ1v) is 8.74. The van der Waals surface area contributed by atoms with Crippen molar-refractivity contribution in [3.8, 4) is 0 Å². The summed E-state index contributed by atoms with van der Waals surface area (Å²) in [6.45, 7) is 3.77. The number of fused-ring (bicyclic) bond motifs is 1. The number of nitrogens with zero attached hydrogens (tertiary/aromatic N) is 1. The van der Waals surface area contributed by atoms with Gasteiger partial charge in [0.2, 0.25) is 0 Å². The summed E-state index contributed by atoms with van der Waals surface area (Å²) in [4.78, 5) is 28.7. The lowest BCUT2D eigenvalue weighted by Crippen LogP contribution is -2.24. The highest BCUT2D eigenvalue weighted by atomic mass is 32.1. The molecule has 0 radical (unpaired) electrons. The van der Waals surface area contributed by atoms with Gasteiger partial charge in [0.1, 0.15) is 0 Å². The average Bonchev–Trinajstić information content (AvgIpc) is 2.99.